The van der Waals surface area contributed by atoms with Crippen LogP contribution >= 0.6 is 11.6 Å². The Bertz CT molecular complexity index is 832. The molecule has 0 aliphatic carbocycles. The van der Waals surface area contributed by atoms with Crippen molar-refractivity contribution in [3.8, 4) is 0 Å². The number of rotatable bonds is 5. The van der Waals surface area contributed by atoms with Gasteiger partial charge in [-0.15, -0.1) is 0 Å². The maximum atomic E-state index is 13.5. The first-order chi connectivity index (χ1) is 12.2. The number of hydrogen-bond donors (Lipinski definition) is 2. The average Bonchev–Trinajstić information content (AvgIpc) is 2.62. The summed E-state index contributed by atoms with van der Waals surface area (Å²) in [7, 11) is 1.45. The fraction of sp³-hybridized carbons (Fsp3) is 0.222. The third-order valence-corrected chi connectivity index (χ3v) is 4.09. The molecule has 0 radical (unpaired) electrons. The summed E-state index contributed by atoms with van der Waals surface area (Å²) in [6.07, 6.45) is 0. The van der Waals surface area contributed by atoms with Gasteiger partial charge in [0.1, 0.15) is 17.2 Å². The van der Waals surface area contributed by atoms with Crippen LogP contribution in [-0.2, 0) is 19.9 Å². The highest BCUT2D eigenvalue weighted by Crippen LogP contribution is 2.26. The number of amides is 2. The Kier molecular flexibility index (Phi) is 6.28. The van der Waals surface area contributed by atoms with Gasteiger partial charge in [0.2, 0.25) is 0 Å². The van der Waals surface area contributed by atoms with Crippen LogP contribution in [0.2, 0.25) is 5.02 Å². The summed E-state index contributed by atoms with van der Waals surface area (Å²) >= 11 is 5.97. The minimum atomic E-state index is -1.13. The van der Waals surface area contributed by atoms with Crippen LogP contribution in [0.25, 0.3) is 0 Å². The molecule has 0 saturated heterocycles. The second kappa shape index (κ2) is 8.25. The van der Waals surface area contributed by atoms with Gasteiger partial charge < -0.3 is 15.4 Å². The van der Waals surface area contributed by atoms with Crippen LogP contribution in [0, 0.1) is 11.6 Å². The van der Waals surface area contributed by atoms with Crippen molar-refractivity contribution in [3.63, 3.8) is 0 Å². The monoisotopic (exact) mass is 382 g/mol. The summed E-state index contributed by atoms with van der Waals surface area (Å²) in [5.41, 5.74) is -0.663. The molecule has 138 valence electrons. The van der Waals surface area contributed by atoms with Crippen molar-refractivity contribution < 1.29 is 23.1 Å². The predicted octanol–water partition coefficient (Wildman–Crippen LogP) is 3.23. The lowest BCUT2D eigenvalue weighted by Gasteiger charge is -2.29. The second-order valence-electron chi connectivity index (χ2n) is 5.71. The standard InChI is InChI=1S/C18H17ClF2N2O3/c1-18(26-2,11-4-3-5-12(19)8-11)10-22-16(24)17(25)23-15-9-13(20)6-7-14(15)21/h3-9H,10H2,1-2H3,(H,22,24)(H,23,25)/t18-/m0/s1. The van der Waals surface area contributed by atoms with Gasteiger partial charge in [0, 0.05) is 18.2 Å². The summed E-state index contributed by atoms with van der Waals surface area (Å²) in [5.74, 6) is -3.73. The van der Waals surface area contributed by atoms with Crippen LogP contribution in [0.5, 0.6) is 0 Å². The van der Waals surface area contributed by atoms with E-state index in [0.717, 1.165) is 18.2 Å². The van der Waals surface area contributed by atoms with E-state index in [0.29, 0.717) is 10.6 Å². The van der Waals surface area contributed by atoms with Crippen molar-refractivity contribution in [3.05, 3.63) is 64.7 Å². The maximum Gasteiger partial charge on any atom is 0.313 e. The zero-order chi connectivity index (χ0) is 19.3. The minimum absolute atomic E-state index is 0.0400. The van der Waals surface area contributed by atoms with Crippen LogP contribution in [0.1, 0.15) is 12.5 Å². The van der Waals surface area contributed by atoms with Gasteiger partial charge >= 0.3 is 11.8 Å². The Labute approximate surface area is 154 Å². The van der Waals surface area contributed by atoms with Crippen LogP contribution < -0.4 is 10.6 Å². The molecule has 0 aliphatic heterocycles. The Balaban J connectivity index is 2.04. The van der Waals surface area contributed by atoms with Crippen molar-refractivity contribution in [1.82, 2.24) is 5.32 Å². The van der Waals surface area contributed by atoms with E-state index in [1.807, 2.05) is 5.32 Å². The van der Waals surface area contributed by atoms with Gasteiger partial charge in [0.15, 0.2) is 0 Å². The number of anilines is 1. The smallest absolute Gasteiger partial charge is 0.313 e. The van der Waals surface area contributed by atoms with Crippen molar-refractivity contribution in [2.45, 2.75) is 12.5 Å². The highest BCUT2D eigenvalue weighted by molar-refractivity contribution is 6.39. The molecule has 2 amide bonds. The molecule has 2 aromatic rings. The molecule has 2 N–H and O–H groups in total. The van der Waals surface area contributed by atoms with E-state index in [2.05, 4.69) is 5.32 Å². The molecule has 26 heavy (non-hydrogen) atoms. The first-order valence-corrected chi connectivity index (χ1v) is 7.98. The van der Waals surface area contributed by atoms with Crippen LogP contribution in [0.3, 0.4) is 0 Å². The average molecular weight is 383 g/mol. The Hall–Kier alpha value is -2.51. The van der Waals surface area contributed by atoms with E-state index < -0.39 is 34.7 Å². The van der Waals surface area contributed by atoms with Gasteiger partial charge in [-0.1, -0.05) is 23.7 Å². The van der Waals surface area contributed by atoms with E-state index >= 15 is 0 Å². The number of benzene rings is 2. The van der Waals surface area contributed by atoms with E-state index in [9.17, 15) is 18.4 Å². The lowest BCUT2D eigenvalue weighted by molar-refractivity contribution is -0.137. The lowest BCUT2D eigenvalue weighted by atomic mass is 9.95. The Morgan fingerprint density at radius 3 is 2.54 bits per heavy atom. The quantitative estimate of drug-likeness (QED) is 0.780. The number of carbonyl (C=O) groups excluding carboxylic acids is 2. The normalized spacial score (nSPS) is 13.0. The number of hydrogen-bond acceptors (Lipinski definition) is 3. The molecule has 8 heteroatoms. The molecule has 0 aliphatic rings. The largest absolute Gasteiger partial charge is 0.372 e. The molecular formula is C18H17ClF2N2O3. The van der Waals surface area contributed by atoms with Gasteiger partial charge in [-0.05, 0) is 36.8 Å². The molecule has 0 bridgehead atoms. The summed E-state index contributed by atoms with van der Waals surface area (Å²) in [4.78, 5) is 23.9. The fourth-order valence-electron chi connectivity index (χ4n) is 2.21. The molecule has 2 aromatic carbocycles. The van der Waals surface area contributed by atoms with Crippen molar-refractivity contribution >= 4 is 29.1 Å². The minimum Gasteiger partial charge on any atom is -0.372 e. The number of nitrogens with one attached hydrogen (secondary N) is 2. The number of halogens is 3. The third kappa shape index (κ3) is 4.77. The van der Waals surface area contributed by atoms with E-state index in [4.69, 9.17) is 16.3 Å². The van der Waals surface area contributed by atoms with Crippen LogP contribution in [0.15, 0.2) is 42.5 Å². The second-order valence-corrected chi connectivity index (χ2v) is 6.14. The van der Waals surface area contributed by atoms with E-state index in [-0.39, 0.29) is 6.54 Å². The topological polar surface area (TPSA) is 67.4 Å². The third-order valence-electron chi connectivity index (χ3n) is 3.85. The van der Waals surface area contributed by atoms with Crippen molar-refractivity contribution in [2.75, 3.05) is 19.0 Å². The number of methoxy groups -OCH3 is 1. The van der Waals surface area contributed by atoms with Crippen molar-refractivity contribution in [2.24, 2.45) is 0 Å². The highest BCUT2D eigenvalue weighted by atomic mass is 35.5. The zero-order valence-electron chi connectivity index (χ0n) is 14.1. The van der Waals surface area contributed by atoms with E-state index in [1.165, 1.54) is 7.11 Å². The predicted molar refractivity (Wildman–Crippen MR) is 93.8 cm³/mol. The summed E-state index contributed by atoms with van der Waals surface area (Å²) < 4.78 is 32.1. The number of carbonyl (C=O) groups is 2. The molecule has 0 saturated carbocycles. The van der Waals surface area contributed by atoms with Gasteiger partial charge in [-0.25, -0.2) is 8.78 Å². The van der Waals surface area contributed by atoms with Crippen molar-refractivity contribution in [1.29, 1.82) is 0 Å². The summed E-state index contributed by atoms with van der Waals surface area (Å²) in [5, 5.41) is 4.93. The zero-order valence-corrected chi connectivity index (χ0v) is 14.9. The molecule has 0 aromatic heterocycles. The highest BCUT2D eigenvalue weighted by Gasteiger charge is 2.28. The molecule has 0 spiro atoms. The fourth-order valence-corrected chi connectivity index (χ4v) is 2.40. The molecule has 0 heterocycles. The molecule has 0 fully saturated rings. The summed E-state index contributed by atoms with van der Waals surface area (Å²) in [6.45, 7) is 1.67. The Morgan fingerprint density at radius 1 is 1.15 bits per heavy atom. The first-order valence-electron chi connectivity index (χ1n) is 7.60. The maximum absolute atomic E-state index is 13.5. The van der Waals surface area contributed by atoms with Gasteiger partial charge in [0.25, 0.3) is 0 Å². The molecule has 5 nitrogen and oxygen atoms in total. The molecular weight excluding hydrogens is 366 g/mol. The number of ether oxygens (including phenoxy) is 1. The van der Waals surface area contributed by atoms with Crippen LogP contribution in [0.4, 0.5) is 14.5 Å². The Morgan fingerprint density at radius 2 is 1.88 bits per heavy atom. The SMILES string of the molecule is CO[C@@](C)(CNC(=O)C(=O)Nc1cc(F)ccc1F)c1cccc(Cl)c1. The lowest BCUT2D eigenvalue weighted by Crippen LogP contribution is -2.44. The van der Waals surface area contributed by atoms with Gasteiger partial charge in [0.05, 0.1) is 12.2 Å². The molecule has 1 atom stereocenters. The first kappa shape index (κ1) is 19.8. The van der Waals surface area contributed by atoms with Gasteiger partial charge in [-0.2, -0.15) is 0 Å². The molecule has 0 unspecified atom stereocenters. The summed E-state index contributed by atoms with van der Waals surface area (Å²) in [6, 6.07) is 9.41. The van der Waals surface area contributed by atoms with E-state index in [1.54, 1.807) is 31.2 Å². The van der Waals surface area contributed by atoms with Crippen LogP contribution in [-0.4, -0.2) is 25.5 Å². The molecule has 2 rings (SSSR count). The van der Waals surface area contributed by atoms with Gasteiger partial charge in [-0.3, -0.25) is 9.59 Å².